The molecule has 5 heteroatoms. The maximum atomic E-state index is 12.6. The number of phenolic OH excluding ortho intramolecular Hbond substituents is 1. The molecule has 0 bridgehead atoms. The molecule has 0 aliphatic heterocycles. The predicted octanol–water partition coefficient (Wildman–Crippen LogP) is 3.93. The number of ketones is 1. The van der Waals surface area contributed by atoms with Gasteiger partial charge in [-0.25, -0.2) is 0 Å². The Morgan fingerprint density at radius 3 is 2.20 bits per heavy atom. The molecule has 0 saturated carbocycles. The van der Waals surface area contributed by atoms with Crippen LogP contribution in [0, 0.1) is 13.8 Å². The van der Waals surface area contributed by atoms with Crippen molar-refractivity contribution in [2.24, 2.45) is 0 Å². The zero-order valence-corrected chi connectivity index (χ0v) is 15.0. The number of hydrogen-bond donors (Lipinski definition) is 1. The zero-order valence-electron chi connectivity index (χ0n) is 15.0. The van der Waals surface area contributed by atoms with Crippen LogP contribution in [0.3, 0.4) is 0 Å². The zero-order chi connectivity index (χ0) is 18.6. The average Bonchev–Trinajstić information content (AvgIpc) is 2.61. The fraction of sp³-hybridized carbons (Fsp3) is 0.250. The number of ether oxygens (including phenoxy) is 3. The number of aromatic hydroxyl groups is 1. The Balaban J connectivity index is 2.44. The monoisotopic (exact) mass is 342 g/mol. The lowest BCUT2D eigenvalue weighted by molar-refractivity contribution is 0.104. The highest BCUT2D eigenvalue weighted by atomic mass is 16.5. The molecule has 2 aromatic rings. The molecule has 0 aliphatic carbocycles. The van der Waals surface area contributed by atoms with E-state index in [-0.39, 0.29) is 28.6 Å². The maximum Gasteiger partial charge on any atom is 0.204 e. The van der Waals surface area contributed by atoms with Crippen LogP contribution < -0.4 is 14.2 Å². The van der Waals surface area contributed by atoms with Crippen molar-refractivity contribution >= 4 is 11.9 Å². The Morgan fingerprint density at radius 1 is 0.960 bits per heavy atom. The first kappa shape index (κ1) is 18.4. The molecule has 0 radical (unpaired) electrons. The minimum absolute atomic E-state index is 0.0280. The van der Waals surface area contributed by atoms with Crippen LogP contribution in [0.2, 0.25) is 0 Å². The standard InChI is InChI=1S/C20H22O5/c1-12-6-7-14(10-13(12)2)8-9-15(21)18-16(22)11-17(23-3)19(24-4)20(18)25-5/h6-11,22H,1-5H3/b9-8+. The smallest absolute Gasteiger partial charge is 0.204 e. The van der Waals surface area contributed by atoms with Crippen molar-refractivity contribution in [3.63, 3.8) is 0 Å². The molecular weight excluding hydrogens is 320 g/mol. The van der Waals surface area contributed by atoms with Crippen LogP contribution in [-0.4, -0.2) is 32.2 Å². The number of allylic oxidation sites excluding steroid dienone is 1. The van der Waals surface area contributed by atoms with Crippen molar-refractivity contribution in [2.75, 3.05) is 21.3 Å². The summed E-state index contributed by atoms with van der Waals surface area (Å²) in [5, 5.41) is 10.2. The number of phenols is 1. The molecular formula is C20H22O5. The van der Waals surface area contributed by atoms with Gasteiger partial charge >= 0.3 is 0 Å². The van der Waals surface area contributed by atoms with Crippen molar-refractivity contribution in [1.82, 2.24) is 0 Å². The molecule has 0 saturated heterocycles. The summed E-state index contributed by atoms with van der Waals surface area (Å²) in [6.07, 6.45) is 3.10. The molecule has 0 atom stereocenters. The number of hydrogen-bond acceptors (Lipinski definition) is 5. The molecule has 25 heavy (non-hydrogen) atoms. The van der Waals surface area contributed by atoms with Crippen molar-refractivity contribution < 1.29 is 24.1 Å². The quantitative estimate of drug-likeness (QED) is 0.636. The molecule has 0 amide bonds. The molecule has 1 N–H and O–H groups in total. The largest absolute Gasteiger partial charge is 0.507 e. The van der Waals surface area contributed by atoms with Crippen molar-refractivity contribution in [3.05, 3.63) is 52.6 Å². The van der Waals surface area contributed by atoms with Crippen LogP contribution in [0.25, 0.3) is 6.08 Å². The summed E-state index contributed by atoms with van der Waals surface area (Å²) in [4.78, 5) is 12.6. The minimum Gasteiger partial charge on any atom is -0.507 e. The van der Waals surface area contributed by atoms with Crippen molar-refractivity contribution in [3.8, 4) is 23.0 Å². The van der Waals surface area contributed by atoms with Gasteiger partial charge in [-0.05, 0) is 36.6 Å². The van der Waals surface area contributed by atoms with Gasteiger partial charge in [0.2, 0.25) is 5.75 Å². The van der Waals surface area contributed by atoms with Crippen LogP contribution in [0.4, 0.5) is 0 Å². The lowest BCUT2D eigenvalue weighted by atomic mass is 10.0. The summed E-state index contributed by atoms with van der Waals surface area (Å²) in [7, 11) is 4.29. The van der Waals surface area contributed by atoms with E-state index in [0.717, 1.165) is 11.1 Å². The SMILES string of the molecule is COc1cc(O)c(C(=O)/C=C/c2ccc(C)c(C)c2)c(OC)c1OC. The summed E-state index contributed by atoms with van der Waals surface area (Å²) in [5.41, 5.74) is 3.25. The highest BCUT2D eigenvalue weighted by Gasteiger charge is 2.24. The molecule has 0 spiro atoms. The van der Waals surface area contributed by atoms with E-state index >= 15 is 0 Å². The number of methoxy groups -OCH3 is 3. The van der Waals surface area contributed by atoms with Gasteiger partial charge in [0.05, 0.1) is 21.3 Å². The second-order valence-corrected chi connectivity index (χ2v) is 5.58. The predicted molar refractivity (Wildman–Crippen MR) is 97.0 cm³/mol. The van der Waals surface area contributed by atoms with E-state index in [4.69, 9.17) is 14.2 Å². The van der Waals surface area contributed by atoms with Gasteiger partial charge in [0.15, 0.2) is 17.3 Å². The third-order valence-corrected chi connectivity index (χ3v) is 4.01. The first-order valence-electron chi connectivity index (χ1n) is 7.74. The van der Waals surface area contributed by atoms with Crippen LogP contribution in [0.1, 0.15) is 27.0 Å². The van der Waals surface area contributed by atoms with E-state index in [1.54, 1.807) is 6.08 Å². The number of benzene rings is 2. The van der Waals surface area contributed by atoms with E-state index < -0.39 is 5.78 Å². The average molecular weight is 342 g/mol. The third kappa shape index (κ3) is 3.76. The molecule has 132 valence electrons. The third-order valence-electron chi connectivity index (χ3n) is 4.01. The highest BCUT2D eigenvalue weighted by molar-refractivity contribution is 6.11. The molecule has 0 heterocycles. The molecule has 0 fully saturated rings. The van der Waals surface area contributed by atoms with Gasteiger partial charge in [-0.3, -0.25) is 4.79 Å². The minimum atomic E-state index is -0.395. The fourth-order valence-electron chi connectivity index (χ4n) is 2.50. The molecule has 2 rings (SSSR count). The Labute approximate surface area is 147 Å². The Bertz CT molecular complexity index is 821. The van der Waals surface area contributed by atoms with E-state index in [0.29, 0.717) is 0 Å². The van der Waals surface area contributed by atoms with Gasteiger partial charge in [0.1, 0.15) is 11.3 Å². The van der Waals surface area contributed by atoms with Crippen LogP contribution >= 0.6 is 0 Å². The normalized spacial score (nSPS) is 10.8. The van der Waals surface area contributed by atoms with Crippen molar-refractivity contribution in [2.45, 2.75) is 13.8 Å². The van der Waals surface area contributed by atoms with Crippen LogP contribution in [-0.2, 0) is 0 Å². The molecule has 5 nitrogen and oxygen atoms in total. The van der Waals surface area contributed by atoms with Gasteiger partial charge in [-0.1, -0.05) is 24.3 Å². The summed E-state index contributed by atoms with van der Waals surface area (Å²) >= 11 is 0. The topological polar surface area (TPSA) is 65.0 Å². The Morgan fingerprint density at radius 2 is 1.64 bits per heavy atom. The molecule has 0 aliphatic rings. The highest BCUT2D eigenvalue weighted by Crippen LogP contribution is 2.44. The van der Waals surface area contributed by atoms with Crippen LogP contribution in [0.5, 0.6) is 23.0 Å². The number of carbonyl (C=O) groups is 1. The lowest BCUT2D eigenvalue weighted by Gasteiger charge is -2.15. The first-order valence-corrected chi connectivity index (χ1v) is 7.74. The summed E-state index contributed by atoms with van der Waals surface area (Å²) in [6, 6.07) is 7.25. The fourth-order valence-corrected chi connectivity index (χ4v) is 2.50. The molecule has 0 aromatic heterocycles. The summed E-state index contributed by atoms with van der Waals surface area (Å²) in [5.74, 6) is 0.0455. The van der Waals surface area contributed by atoms with E-state index in [1.165, 1.54) is 39.0 Å². The van der Waals surface area contributed by atoms with Crippen molar-refractivity contribution in [1.29, 1.82) is 0 Å². The Kier molecular flexibility index (Phi) is 5.70. The summed E-state index contributed by atoms with van der Waals surface area (Å²) in [6.45, 7) is 4.04. The van der Waals surface area contributed by atoms with Gasteiger partial charge in [-0.2, -0.15) is 0 Å². The van der Waals surface area contributed by atoms with E-state index in [1.807, 2.05) is 32.0 Å². The van der Waals surface area contributed by atoms with Crippen LogP contribution in [0.15, 0.2) is 30.3 Å². The second kappa shape index (κ2) is 7.75. The summed E-state index contributed by atoms with van der Waals surface area (Å²) < 4.78 is 15.7. The number of carbonyl (C=O) groups excluding carboxylic acids is 1. The second-order valence-electron chi connectivity index (χ2n) is 5.58. The molecule has 0 unspecified atom stereocenters. The van der Waals surface area contributed by atoms with Gasteiger partial charge in [0, 0.05) is 6.07 Å². The Hall–Kier alpha value is -2.95. The van der Waals surface area contributed by atoms with Gasteiger partial charge in [-0.15, -0.1) is 0 Å². The number of rotatable bonds is 6. The number of aryl methyl sites for hydroxylation is 2. The first-order chi connectivity index (χ1) is 11.9. The lowest BCUT2D eigenvalue weighted by Crippen LogP contribution is -2.03. The maximum absolute atomic E-state index is 12.6. The van der Waals surface area contributed by atoms with Gasteiger partial charge in [0.25, 0.3) is 0 Å². The molecule has 2 aromatic carbocycles. The van der Waals surface area contributed by atoms with E-state index in [9.17, 15) is 9.90 Å². The van der Waals surface area contributed by atoms with E-state index in [2.05, 4.69) is 0 Å². The van der Waals surface area contributed by atoms with Gasteiger partial charge < -0.3 is 19.3 Å².